The Hall–Kier alpha value is -1.26. The van der Waals surface area contributed by atoms with Crippen LogP contribution in [0.25, 0.3) is 0 Å². The van der Waals surface area contributed by atoms with E-state index in [4.69, 9.17) is 0 Å². The molecule has 0 bridgehead atoms. The Bertz CT molecular complexity index is 296. The Morgan fingerprint density at radius 3 is 2.47 bits per heavy atom. The van der Waals surface area contributed by atoms with Crippen molar-refractivity contribution in [2.75, 3.05) is 32.7 Å². The number of carbonyl (C=O) groups is 1. The van der Waals surface area contributed by atoms with Gasteiger partial charge in [-0.3, -0.25) is 4.79 Å². The van der Waals surface area contributed by atoms with Crippen molar-refractivity contribution in [2.45, 2.75) is 40.0 Å². The third kappa shape index (κ3) is 6.45. The molecule has 0 radical (unpaired) electrons. The number of rotatable bonds is 5. The highest BCUT2D eigenvalue weighted by Crippen LogP contribution is 2.08. The van der Waals surface area contributed by atoms with Crippen LogP contribution in [0.15, 0.2) is 4.99 Å². The maximum atomic E-state index is 12.0. The third-order valence-electron chi connectivity index (χ3n) is 3.10. The van der Waals surface area contributed by atoms with E-state index in [1.165, 1.54) is 6.42 Å². The Labute approximate surface area is 116 Å². The fraction of sp³-hybridized carbons (Fsp3) is 0.857. The van der Waals surface area contributed by atoms with Crippen LogP contribution in [0.4, 0.5) is 0 Å². The largest absolute Gasteiger partial charge is 0.357 e. The summed E-state index contributed by atoms with van der Waals surface area (Å²) in [6, 6.07) is 0. The average molecular weight is 268 g/mol. The minimum Gasteiger partial charge on any atom is -0.357 e. The predicted molar refractivity (Wildman–Crippen MR) is 79.3 cm³/mol. The fourth-order valence-corrected chi connectivity index (χ4v) is 2.03. The first-order chi connectivity index (χ1) is 9.13. The molecule has 1 heterocycles. The maximum absolute atomic E-state index is 12.0. The van der Waals surface area contributed by atoms with Crippen molar-refractivity contribution in [3.63, 3.8) is 0 Å². The van der Waals surface area contributed by atoms with Gasteiger partial charge in [0.2, 0.25) is 5.91 Å². The van der Waals surface area contributed by atoms with Gasteiger partial charge >= 0.3 is 0 Å². The molecule has 0 aromatic heterocycles. The lowest BCUT2D eigenvalue weighted by Gasteiger charge is -2.26. The molecule has 5 nitrogen and oxygen atoms in total. The van der Waals surface area contributed by atoms with Crippen LogP contribution in [0.1, 0.15) is 40.0 Å². The molecule has 1 aliphatic rings. The first-order valence-corrected chi connectivity index (χ1v) is 7.43. The van der Waals surface area contributed by atoms with Gasteiger partial charge in [0.25, 0.3) is 0 Å². The summed E-state index contributed by atoms with van der Waals surface area (Å²) in [5.41, 5.74) is 0. The minimum atomic E-state index is 0.140. The van der Waals surface area contributed by atoms with Gasteiger partial charge in [-0.1, -0.05) is 13.8 Å². The summed E-state index contributed by atoms with van der Waals surface area (Å²) in [5.74, 6) is 1.43. The summed E-state index contributed by atoms with van der Waals surface area (Å²) in [5, 5.41) is 6.41. The van der Waals surface area contributed by atoms with Crippen molar-refractivity contribution in [3.05, 3.63) is 0 Å². The van der Waals surface area contributed by atoms with Gasteiger partial charge in [-0.15, -0.1) is 0 Å². The van der Waals surface area contributed by atoms with Gasteiger partial charge in [0.1, 0.15) is 6.54 Å². The summed E-state index contributed by atoms with van der Waals surface area (Å²) in [4.78, 5) is 18.3. The van der Waals surface area contributed by atoms with Crippen LogP contribution in [-0.4, -0.2) is 49.5 Å². The molecule has 1 amide bonds. The van der Waals surface area contributed by atoms with Gasteiger partial charge in [0.05, 0.1) is 0 Å². The molecule has 0 spiro atoms. The Kier molecular flexibility index (Phi) is 7.30. The monoisotopic (exact) mass is 268 g/mol. The SMILES string of the molecule is CCNC(=NCC(=O)N1CCCCC1)NCC(C)C. The van der Waals surface area contributed by atoms with E-state index in [2.05, 4.69) is 29.5 Å². The van der Waals surface area contributed by atoms with E-state index in [1.54, 1.807) is 0 Å². The van der Waals surface area contributed by atoms with Gasteiger partial charge in [0, 0.05) is 26.2 Å². The van der Waals surface area contributed by atoms with E-state index >= 15 is 0 Å². The minimum absolute atomic E-state index is 0.140. The zero-order chi connectivity index (χ0) is 14.1. The number of nitrogens with one attached hydrogen (secondary N) is 2. The smallest absolute Gasteiger partial charge is 0.244 e. The molecular formula is C14H28N4O. The standard InChI is InChI=1S/C14H28N4O/c1-4-15-14(16-10-12(2)3)17-11-13(19)18-8-6-5-7-9-18/h12H,4-11H2,1-3H3,(H2,15,16,17). The summed E-state index contributed by atoms with van der Waals surface area (Å²) in [7, 11) is 0. The molecule has 1 aliphatic heterocycles. The van der Waals surface area contributed by atoms with Crippen LogP contribution in [0.2, 0.25) is 0 Å². The molecule has 1 fully saturated rings. The average Bonchev–Trinajstić information content (AvgIpc) is 2.42. The topological polar surface area (TPSA) is 56.7 Å². The number of guanidine groups is 1. The van der Waals surface area contributed by atoms with E-state index in [0.29, 0.717) is 5.92 Å². The second kappa shape index (κ2) is 8.77. The van der Waals surface area contributed by atoms with Crippen LogP contribution in [0, 0.1) is 5.92 Å². The number of carbonyl (C=O) groups excluding carboxylic acids is 1. The first kappa shape index (κ1) is 15.8. The highest BCUT2D eigenvalue weighted by Gasteiger charge is 2.15. The number of hydrogen-bond donors (Lipinski definition) is 2. The number of amides is 1. The highest BCUT2D eigenvalue weighted by atomic mass is 16.2. The van der Waals surface area contributed by atoms with Crippen LogP contribution in [-0.2, 0) is 4.79 Å². The molecule has 110 valence electrons. The zero-order valence-corrected chi connectivity index (χ0v) is 12.5. The second-order valence-corrected chi connectivity index (χ2v) is 5.41. The van der Waals surface area contributed by atoms with E-state index in [1.807, 2.05) is 11.8 Å². The molecule has 0 unspecified atom stereocenters. The van der Waals surface area contributed by atoms with Crippen molar-refractivity contribution in [2.24, 2.45) is 10.9 Å². The van der Waals surface area contributed by atoms with E-state index in [-0.39, 0.29) is 12.5 Å². The molecule has 0 atom stereocenters. The van der Waals surface area contributed by atoms with E-state index in [9.17, 15) is 4.79 Å². The lowest BCUT2D eigenvalue weighted by Crippen LogP contribution is -2.41. The number of likely N-dealkylation sites (tertiary alicyclic amines) is 1. The molecule has 5 heteroatoms. The molecule has 1 rings (SSSR count). The van der Waals surface area contributed by atoms with Crippen molar-refractivity contribution >= 4 is 11.9 Å². The molecule has 1 saturated heterocycles. The highest BCUT2D eigenvalue weighted by molar-refractivity contribution is 5.84. The predicted octanol–water partition coefficient (Wildman–Crippen LogP) is 1.21. The Morgan fingerprint density at radius 1 is 1.21 bits per heavy atom. The summed E-state index contributed by atoms with van der Waals surface area (Å²) >= 11 is 0. The van der Waals surface area contributed by atoms with Crippen LogP contribution < -0.4 is 10.6 Å². The van der Waals surface area contributed by atoms with Crippen LogP contribution >= 0.6 is 0 Å². The van der Waals surface area contributed by atoms with Gasteiger partial charge < -0.3 is 15.5 Å². The second-order valence-electron chi connectivity index (χ2n) is 5.41. The molecule has 0 aromatic carbocycles. The van der Waals surface area contributed by atoms with Crippen molar-refractivity contribution in [1.82, 2.24) is 15.5 Å². The lowest BCUT2D eigenvalue weighted by atomic mass is 10.1. The molecule has 19 heavy (non-hydrogen) atoms. The molecule has 0 saturated carbocycles. The van der Waals surface area contributed by atoms with E-state index in [0.717, 1.165) is 45.0 Å². The Morgan fingerprint density at radius 2 is 1.89 bits per heavy atom. The van der Waals surface area contributed by atoms with Gasteiger partial charge in [-0.25, -0.2) is 4.99 Å². The third-order valence-corrected chi connectivity index (χ3v) is 3.10. The molecule has 2 N–H and O–H groups in total. The first-order valence-electron chi connectivity index (χ1n) is 7.43. The summed E-state index contributed by atoms with van der Waals surface area (Å²) < 4.78 is 0. The van der Waals surface area contributed by atoms with Crippen LogP contribution in [0.3, 0.4) is 0 Å². The number of aliphatic imine (C=N–C) groups is 1. The summed E-state index contributed by atoms with van der Waals surface area (Å²) in [6.07, 6.45) is 3.49. The normalized spacial score (nSPS) is 16.6. The fourth-order valence-electron chi connectivity index (χ4n) is 2.03. The molecule has 0 aliphatic carbocycles. The number of hydrogen-bond acceptors (Lipinski definition) is 2. The maximum Gasteiger partial charge on any atom is 0.244 e. The quantitative estimate of drug-likeness (QED) is 0.582. The van der Waals surface area contributed by atoms with Gasteiger partial charge in [-0.05, 0) is 32.1 Å². The molecule has 0 aromatic rings. The van der Waals surface area contributed by atoms with E-state index < -0.39 is 0 Å². The van der Waals surface area contributed by atoms with Crippen molar-refractivity contribution in [1.29, 1.82) is 0 Å². The molecular weight excluding hydrogens is 240 g/mol. The number of nitrogens with zero attached hydrogens (tertiary/aromatic N) is 2. The van der Waals surface area contributed by atoms with Gasteiger partial charge in [0.15, 0.2) is 5.96 Å². The Balaban J connectivity index is 2.41. The summed E-state index contributed by atoms with van der Waals surface area (Å²) in [6.45, 7) is 10.0. The van der Waals surface area contributed by atoms with Crippen molar-refractivity contribution < 1.29 is 4.79 Å². The number of piperidine rings is 1. The lowest BCUT2D eigenvalue weighted by molar-refractivity contribution is -0.130. The van der Waals surface area contributed by atoms with Crippen LogP contribution in [0.5, 0.6) is 0 Å². The van der Waals surface area contributed by atoms with Crippen molar-refractivity contribution in [3.8, 4) is 0 Å². The zero-order valence-electron chi connectivity index (χ0n) is 12.5. The van der Waals surface area contributed by atoms with Gasteiger partial charge in [-0.2, -0.15) is 0 Å².